The number of carboxylic acids is 1. The molecule has 20 heavy (non-hydrogen) atoms. The van der Waals surface area contributed by atoms with Crippen LogP contribution in [0.1, 0.15) is 26.7 Å². The van der Waals surface area contributed by atoms with Crippen LogP contribution in [0.25, 0.3) is 0 Å². The van der Waals surface area contributed by atoms with Crippen molar-refractivity contribution in [3.8, 4) is 6.07 Å². The molecule has 0 saturated carbocycles. The summed E-state index contributed by atoms with van der Waals surface area (Å²) < 4.78 is 0. The Morgan fingerprint density at radius 1 is 1.45 bits per heavy atom. The molecule has 0 heterocycles. The summed E-state index contributed by atoms with van der Waals surface area (Å²) in [5, 5.41) is 20.0. The van der Waals surface area contributed by atoms with Gasteiger partial charge in [0.15, 0.2) is 0 Å². The first-order valence-corrected chi connectivity index (χ1v) is 6.27. The molecule has 0 bridgehead atoms. The zero-order chi connectivity index (χ0) is 15.7. The summed E-state index contributed by atoms with van der Waals surface area (Å²) in [7, 11) is 0. The fourth-order valence-electron chi connectivity index (χ4n) is 1.51. The van der Waals surface area contributed by atoms with Crippen LogP contribution in [0.15, 0.2) is 0 Å². The average Bonchev–Trinajstić information content (AvgIpc) is 2.39. The molecule has 1 unspecified atom stereocenters. The number of hydrogen-bond donors (Lipinski definition) is 3. The van der Waals surface area contributed by atoms with Crippen molar-refractivity contribution >= 4 is 17.9 Å². The van der Waals surface area contributed by atoms with E-state index in [0.717, 1.165) is 0 Å². The predicted octanol–water partition coefficient (Wildman–Crippen LogP) is -0.104. The minimum Gasteiger partial charge on any atom is -0.480 e. The minimum atomic E-state index is -1.23. The normalized spacial score (nSPS) is 12.8. The number of carbonyl (C=O) groups is 3. The van der Waals surface area contributed by atoms with Gasteiger partial charge in [-0.25, -0.2) is 9.59 Å². The van der Waals surface area contributed by atoms with Crippen LogP contribution >= 0.6 is 0 Å². The van der Waals surface area contributed by atoms with E-state index in [1.165, 1.54) is 4.90 Å². The molecule has 8 heteroatoms. The van der Waals surface area contributed by atoms with E-state index >= 15 is 0 Å². The molecule has 0 spiro atoms. The first-order chi connectivity index (χ1) is 9.31. The number of amides is 3. The van der Waals surface area contributed by atoms with Gasteiger partial charge >= 0.3 is 12.0 Å². The van der Waals surface area contributed by atoms with E-state index in [2.05, 4.69) is 5.32 Å². The van der Waals surface area contributed by atoms with E-state index < -0.39 is 23.9 Å². The molecular weight excluding hydrogens is 264 g/mol. The zero-order valence-electron chi connectivity index (χ0n) is 11.6. The molecule has 8 nitrogen and oxygen atoms in total. The van der Waals surface area contributed by atoms with Gasteiger partial charge in [-0.2, -0.15) is 5.26 Å². The van der Waals surface area contributed by atoms with Crippen LogP contribution in [-0.2, 0) is 9.59 Å². The summed E-state index contributed by atoms with van der Waals surface area (Å²) in [6.45, 7) is 3.95. The number of nitriles is 1. The average molecular weight is 284 g/mol. The number of hydrogen-bond acceptors (Lipinski definition) is 4. The summed E-state index contributed by atoms with van der Waals surface area (Å²) >= 11 is 0. The molecule has 3 amide bonds. The van der Waals surface area contributed by atoms with Crippen LogP contribution < -0.4 is 11.1 Å². The van der Waals surface area contributed by atoms with Gasteiger partial charge in [0.05, 0.1) is 12.0 Å². The number of nitrogens with one attached hydrogen (secondary N) is 1. The van der Waals surface area contributed by atoms with Crippen molar-refractivity contribution in [1.82, 2.24) is 10.2 Å². The molecule has 0 radical (unpaired) electrons. The van der Waals surface area contributed by atoms with E-state index in [-0.39, 0.29) is 25.3 Å². The maximum absolute atomic E-state index is 11.9. The van der Waals surface area contributed by atoms with E-state index in [9.17, 15) is 14.4 Å². The summed E-state index contributed by atoms with van der Waals surface area (Å²) in [6, 6.07) is 0.245. The maximum Gasteiger partial charge on any atom is 0.326 e. The summed E-state index contributed by atoms with van der Waals surface area (Å²) in [5.74, 6) is -2.21. The number of carbonyl (C=O) groups excluding carboxylic acids is 2. The lowest BCUT2D eigenvalue weighted by atomic mass is 10.1. The van der Waals surface area contributed by atoms with Crippen LogP contribution in [0.5, 0.6) is 0 Å². The lowest BCUT2D eigenvalue weighted by molar-refractivity contribution is -0.139. The second-order valence-electron chi connectivity index (χ2n) is 4.41. The lowest BCUT2D eigenvalue weighted by Crippen LogP contribution is -2.49. The van der Waals surface area contributed by atoms with Crippen molar-refractivity contribution < 1.29 is 19.5 Å². The third kappa shape index (κ3) is 6.58. The van der Waals surface area contributed by atoms with Crippen LogP contribution in [-0.4, -0.2) is 47.0 Å². The van der Waals surface area contributed by atoms with Gasteiger partial charge in [-0.3, -0.25) is 4.79 Å². The number of nitrogens with zero attached hydrogens (tertiary/aromatic N) is 2. The van der Waals surface area contributed by atoms with Crippen LogP contribution in [0.2, 0.25) is 0 Å². The fourth-order valence-corrected chi connectivity index (χ4v) is 1.51. The van der Waals surface area contributed by atoms with Gasteiger partial charge in [-0.15, -0.1) is 0 Å². The highest BCUT2D eigenvalue weighted by Gasteiger charge is 2.23. The Balaban J connectivity index is 4.60. The van der Waals surface area contributed by atoms with Gasteiger partial charge in [-0.1, -0.05) is 0 Å². The first kappa shape index (κ1) is 17.7. The molecule has 0 rings (SSSR count). The number of carboxylic acid groups (broad SMARTS) is 1. The van der Waals surface area contributed by atoms with Gasteiger partial charge < -0.3 is 21.1 Å². The molecular formula is C12H20N4O4. The molecule has 0 aliphatic carbocycles. The Morgan fingerprint density at radius 3 is 2.45 bits per heavy atom. The van der Waals surface area contributed by atoms with Gasteiger partial charge in [-0.05, 0) is 20.3 Å². The van der Waals surface area contributed by atoms with Gasteiger partial charge in [0, 0.05) is 19.5 Å². The molecule has 112 valence electrons. The molecule has 0 aromatic carbocycles. The van der Waals surface area contributed by atoms with Crippen molar-refractivity contribution in [2.75, 3.05) is 13.1 Å². The van der Waals surface area contributed by atoms with E-state index in [1.54, 1.807) is 13.8 Å². The second-order valence-corrected chi connectivity index (χ2v) is 4.41. The molecule has 0 aliphatic heterocycles. The van der Waals surface area contributed by atoms with E-state index in [4.69, 9.17) is 16.1 Å². The molecule has 0 aliphatic rings. The number of urea groups is 1. The van der Waals surface area contributed by atoms with Gasteiger partial charge in [0.2, 0.25) is 5.91 Å². The number of rotatable bonds is 8. The van der Waals surface area contributed by atoms with Crippen LogP contribution in [0, 0.1) is 17.2 Å². The minimum absolute atomic E-state index is 0.0677. The third-order valence-electron chi connectivity index (χ3n) is 2.66. The monoisotopic (exact) mass is 284 g/mol. The van der Waals surface area contributed by atoms with Gasteiger partial charge in [0.1, 0.15) is 6.04 Å². The largest absolute Gasteiger partial charge is 0.480 e. The van der Waals surface area contributed by atoms with Crippen LogP contribution in [0.3, 0.4) is 0 Å². The highest BCUT2D eigenvalue weighted by Crippen LogP contribution is 2.02. The van der Waals surface area contributed by atoms with Crippen LogP contribution in [0.4, 0.5) is 4.79 Å². The second kappa shape index (κ2) is 8.74. The van der Waals surface area contributed by atoms with Crippen molar-refractivity contribution in [1.29, 1.82) is 5.26 Å². The Bertz CT molecular complexity index is 405. The summed E-state index contributed by atoms with van der Waals surface area (Å²) in [4.78, 5) is 34.9. The quantitative estimate of drug-likeness (QED) is 0.571. The number of aliphatic carboxylic acids is 1. The molecule has 0 fully saturated rings. The smallest absolute Gasteiger partial charge is 0.326 e. The van der Waals surface area contributed by atoms with Crippen molar-refractivity contribution in [3.63, 3.8) is 0 Å². The Hall–Kier alpha value is -2.30. The highest BCUT2D eigenvalue weighted by atomic mass is 16.4. The van der Waals surface area contributed by atoms with E-state index in [1.807, 2.05) is 6.07 Å². The predicted molar refractivity (Wildman–Crippen MR) is 70.4 cm³/mol. The van der Waals surface area contributed by atoms with Crippen molar-refractivity contribution in [2.45, 2.75) is 32.7 Å². The number of primary amides is 1. The molecule has 0 aromatic heterocycles. The SMILES string of the molecule is CCN(CC(C)C#N)C(=O)N[C@@H](CCC(N)=O)C(=O)O. The van der Waals surface area contributed by atoms with Crippen molar-refractivity contribution in [2.24, 2.45) is 11.7 Å². The number of nitrogens with two attached hydrogens (primary N) is 1. The first-order valence-electron chi connectivity index (χ1n) is 6.27. The maximum atomic E-state index is 11.9. The Labute approximate surface area is 117 Å². The zero-order valence-corrected chi connectivity index (χ0v) is 11.6. The summed E-state index contributed by atoms with van der Waals surface area (Å²) in [5.41, 5.74) is 4.95. The topological polar surface area (TPSA) is 137 Å². The molecule has 0 aromatic rings. The molecule has 2 atom stereocenters. The summed E-state index contributed by atoms with van der Waals surface area (Å²) in [6.07, 6.45) is -0.195. The highest BCUT2D eigenvalue weighted by molar-refractivity contribution is 5.83. The fraction of sp³-hybridized carbons (Fsp3) is 0.667. The third-order valence-corrected chi connectivity index (χ3v) is 2.66. The molecule has 4 N–H and O–H groups in total. The lowest BCUT2D eigenvalue weighted by Gasteiger charge is -2.24. The van der Waals surface area contributed by atoms with E-state index in [0.29, 0.717) is 6.54 Å². The molecule has 0 saturated heterocycles. The Morgan fingerprint density at radius 2 is 2.05 bits per heavy atom. The standard InChI is InChI=1S/C12H20N4O4/c1-3-16(7-8(2)6-13)12(20)15-9(11(18)19)4-5-10(14)17/h8-9H,3-5,7H2,1-2H3,(H2,14,17)(H,15,20)(H,18,19)/t8?,9-/m0/s1. The van der Waals surface area contributed by atoms with Crippen molar-refractivity contribution in [3.05, 3.63) is 0 Å². The Kier molecular flexibility index (Phi) is 7.74. The van der Waals surface area contributed by atoms with Gasteiger partial charge in [0.25, 0.3) is 0 Å².